The molecule has 0 saturated carbocycles. The Morgan fingerprint density at radius 2 is 1.11 bits per heavy atom. The Hall–Kier alpha value is -8.04. The first kappa shape index (κ1) is 61.2. The molecule has 421 valence electrons. The van der Waals surface area contributed by atoms with Crippen LogP contribution in [0.25, 0.3) is 33.0 Å². The van der Waals surface area contributed by atoms with Gasteiger partial charge in [0.15, 0.2) is 23.3 Å². The summed E-state index contributed by atoms with van der Waals surface area (Å²) in [5, 5.41) is 11.4. The third-order valence-electron chi connectivity index (χ3n) is 12.0. The van der Waals surface area contributed by atoms with E-state index in [1.54, 1.807) is 91.7 Å². The number of benzene rings is 4. The first-order valence-corrected chi connectivity index (χ1v) is 25.3. The van der Waals surface area contributed by atoms with Crippen LogP contribution in [0.2, 0.25) is 6.82 Å². The van der Waals surface area contributed by atoms with Crippen molar-refractivity contribution in [3.05, 3.63) is 142 Å². The second-order valence-corrected chi connectivity index (χ2v) is 21.4. The Morgan fingerprint density at radius 1 is 0.662 bits per heavy atom. The van der Waals surface area contributed by atoms with Crippen molar-refractivity contribution in [3.8, 4) is 11.5 Å². The third-order valence-corrected chi connectivity index (χ3v) is 12.0. The molecule has 2 aliphatic heterocycles. The molecule has 4 aromatic carbocycles. The summed E-state index contributed by atoms with van der Waals surface area (Å²) in [5.41, 5.74) is 1.62. The number of phenols is 1. The van der Waals surface area contributed by atoms with Crippen molar-refractivity contribution in [1.29, 1.82) is 0 Å². The number of halogens is 4. The topological polar surface area (TPSA) is 216 Å². The van der Waals surface area contributed by atoms with Crippen LogP contribution in [0.1, 0.15) is 119 Å². The van der Waals surface area contributed by atoms with Gasteiger partial charge in [-0.1, -0.05) is 27.7 Å². The number of nitrogens with one attached hydrogen (secondary N) is 2. The zero-order valence-corrected chi connectivity index (χ0v) is 46.3. The zero-order valence-electron chi connectivity index (χ0n) is 46.3. The van der Waals surface area contributed by atoms with Gasteiger partial charge in [0, 0.05) is 81.4 Å². The van der Waals surface area contributed by atoms with Gasteiger partial charge in [-0.2, -0.15) is 0 Å². The number of aromatic amines is 2. The van der Waals surface area contributed by atoms with Crippen LogP contribution in [0.5, 0.6) is 11.5 Å². The van der Waals surface area contributed by atoms with E-state index in [9.17, 15) is 51.3 Å². The molecular weight excluding hydrogens is 1050 g/mol. The van der Waals surface area contributed by atoms with Gasteiger partial charge in [-0.15, -0.1) is 0 Å². The number of hydrogen-bond donors (Lipinski definition) is 3. The molecule has 23 heteroatoms. The molecule has 0 saturated heterocycles. The summed E-state index contributed by atoms with van der Waals surface area (Å²) < 4.78 is 85.6. The number of ether oxygens (including phenoxy) is 4. The van der Waals surface area contributed by atoms with Gasteiger partial charge in [-0.05, 0) is 120 Å². The average Bonchev–Trinajstić information content (AvgIpc) is 4.13. The SMILES string of the molecule is CC(C)OC(=O)C1=CN(C(=O)c2ccc(F)c(F)c2)CC(C)(C)c2c1[nH]c1cc(O)ccc21.CC(C)OC(=O)C1=CN(C(=O)c2ccc(F)c(F)c2)CC(C)(C)c2c1[nH]c1cc(OC(=O)OC(C)(C)C)ccc21.C[B]OOCB=O. The van der Waals surface area contributed by atoms with Crippen LogP contribution in [0.3, 0.4) is 0 Å². The summed E-state index contributed by atoms with van der Waals surface area (Å²) in [4.78, 5) is 82.8. The molecule has 3 N–H and O–H groups in total. The van der Waals surface area contributed by atoms with Crippen molar-refractivity contribution in [3.63, 3.8) is 0 Å². The molecule has 4 heterocycles. The number of hydrogen-bond acceptors (Lipinski definition) is 13. The number of rotatable bonds is 11. The fourth-order valence-corrected chi connectivity index (χ4v) is 9.00. The Morgan fingerprint density at radius 3 is 1.52 bits per heavy atom. The maximum atomic E-state index is 13.9. The molecule has 8 rings (SSSR count). The van der Waals surface area contributed by atoms with Crippen LogP contribution < -0.4 is 4.74 Å². The van der Waals surface area contributed by atoms with Crippen LogP contribution in [-0.4, -0.2) is 107 Å². The number of fused-ring (bicyclic) bond motifs is 6. The van der Waals surface area contributed by atoms with Crippen molar-refractivity contribution in [2.45, 2.75) is 112 Å². The predicted molar refractivity (Wildman–Crippen MR) is 289 cm³/mol. The molecule has 2 aliphatic rings. The monoisotopic (exact) mass is 1110 g/mol. The average molecular weight is 1110 g/mol. The van der Waals surface area contributed by atoms with Crippen LogP contribution in [0.15, 0.2) is 85.2 Å². The number of esters is 2. The fraction of sp³-hybridized carbons (Fsp3) is 0.351. The van der Waals surface area contributed by atoms with E-state index in [1.807, 2.05) is 27.7 Å². The fourth-order valence-electron chi connectivity index (χ4n) is 9.00. The normalized spacial score (nSPS) is 14.4. The number of aromatic nitrogens is 2. The molecule has 6 aromatic rings. The molecule has 2 amide bonds. The number of carbonyl (C=O) groups is 5. The first-order chi connectivity index (χ1) is 37.4. The number of phenolic OH excluding ortho intramolecular Hbond substituents is 1. The van der Waals surface area contributed by atoms with E-state index < -0.39 is 81.8 Å². The van der Waals surface area contributed by atoms with Gasteiger partial charge in [0.2, 0.25) is 0 Å². The molecule has 0 atom stereocenters. The molecule has 0 bridgehead atoms. The molecule has 80 heavy (non-hydrogen) atoms. The molecule has 0 unspecified atom stereocenters. The number of amides is 2. The molecule has 1 radical (unpaired) electrons. The van der Waals surface area contributed by atoms with Gasteiger partial charge in [0.05, 0.1) is 34.7 Å². The van der Waals surface area contributed by atoms with Gasteiger partial charge in [0.1, 0.15) is 17.1 Å². The van der Waals surface area contributed by atoms with E-state index >= 15 is 0 Å². The molecular formula is C57H61B2F4N4O13. The molecule has 0 fully saturated rings. The van der Waals surface area contributed by atoms with Crippen molar-refractivity contribution in [2.24, 2.45) is 0 Å². The molecule has 2 aromatic heterocycles. The summed E-state index contributed by atoms with van der Waals surface area (Å²) in [6.07, 6.45) is 1.06. The zero-order chi connectivity index (χ0) is 59.2. The second-order valence-electron chi connectivity index (χ2n) is 21.4. The van der Waals surface area contributed by atoms with E-state index in [2.05, 4.69) is 19.7 Å². The van der Waals surface area contributed by atoms with Gasteiger partial charge < -0.3 is 43.8 Å². The molecule has 17 nitrogen and oxygen atoms in total. The second kappa shape index (κ2) is 25.0. The summed E-state index contributed by atoms with van der Waals surface area (Å²) in [5.74, 6) is -6.59. The van der Waals surface area contributed by atoms with Gasteiger partial charge in [-0.25, -0.2) is 31.9 Å². The van der Waals surface area contributed by atoms with Gasteiger partial charge in [0.25, 0.3) is 11.8 Å². The number of H-pyrrole nitrogens is 2. The summed E-state index contributed by atoms with van der Waals surface area (Å²) >= 11 is 0. The quantitative estimate of drug-likeness (QED) is 0.0161. The van der Waals surface area contributed by atoms with Crippen LogP contribution in [-0.2, 0) is 49.0 Å². The first-order valence-electron chi connectivity index (χ1n) is 25.3. The Kier molecular flexibility index (Phi) is 19.1. The number of carbonyl (C=O) groups excluding carboxylic acids is 5. The molecule has 0 spiro atoms. The van der Waals surface area contributed by atoms with E-state index in [1.165, 1.54) is 41.8 Å². The van der Waals surface area contributed by atoms with Gasteiger partial charge in [-0.3, -0.25) is 9.59 Å². The number of nitrogens with zero attached hydrogens (tertiary/aromatic N) is 2. The van der Waals surface area contributed by atoms with Crippen molar-refractivity contribution in [2.75, 3.05) is 19.6 Å². The Labute approximate surface area is 460 Å². The van der Waals surface area contributed by atoms with E-state index in [0.717, 1.165) is 46.2 Å². The van der Waals surface area contributed by atoms with Crippen LogP contribution >= 0.6 is 0 Å². The van der Waals surface area contributed by atoms with Crippen molar-refractivity contribution in [1.82, 2.24) is 19.8 Å². The Bertz CT molecular complexity index is 3420. The minimum atomic E-state index is -1.15. The molecule has 0 aliphatic carbocycles. The van der Waals surface area contributed by atoms with E-state index in [-0.39, 0.29) is 53.4 Å². The van der Waals surface area contributed by atoms with Crippen LogP contribution in [0.4, 0.5) is 22.4 Å². The van der Waals surface area contributed by atoms with E-state index in [0.29, 0.717) is 29.6 Å². The summed E-state index contributed by atoms with van der Waals surface area (Å²) in [6, 6.07) is 15.7. The Balaban J connectivity index is 0.000000234. The minimum absolute atomic E-state index is 0.00958. The summed E-state index contributed by atoms with van der Waals surface area (Å²) in [6.45, 7) is 21.6. The standard InChI is InChI=1S/C30H32F2N2O6.C25H24F2N2O4.C2H5B2O3/c1-16(2)38-27(36)20-14-34(26(35)17-8-11-21(31)22(32)12-17)15-30(6,7)24-19-10-9-18(13-23(19)33-25(20)24)39-28(37)40-29(3,4)5;1-13(2)33-24(32)17-11-29(23(31)14-5-8-18(26)19(27)9-14)12-25(3,4)21-16-7-6-15(30)10-20(16)28-22(17)21;1-3-7-6-2-4-5/h8-14,16,33H,15H2,1-7H3;5-11,13,28,30H,12H2,1-4H3;2H2,1H3. The van der Waals surface area contributed by atoms with Crippen molar-refractivity contribution >= 4 is 77.5 Å². The summed E-state index contributed by atoms with van der Waals surface area (Å²) in [7, 11) is 1.97. The van der Waals surface area contributed by atoms with E-state index in [4.69, 9.17) is 18.9 Å². The predicted octanol–water partition coefficient (Wildman–Crippen LogP) is 11.0. The van der Waals surface area contributed by atoms with Crippen LogP contribution in [0, 0.1) is 23.3 Å². The van der Waals surface area contributed by atoms with Crippen molar-refractivity contribution < 1.29 is 80.0 Å². The maximum absolute atomic E-state index is 13.9. The van der Waals surface area contributed by atoms with Gasteiger partial charge >= 0.3 is 60.5 Å². The third kappa shape index (κ3) is 14.6. The number of aromatic hydroxyl groups is 1.